The molecule has 0 amide bonds. The van der Waals surface area contributed by atoms with Crippen LogP contribution in [0.5, 0.6) is 5.88 Å². The normalized spacial score (nSPS) is 15.0. The van der Waals surface area contributed by atoms with Gasteiger partial charge in [-0.3, -0.25) is 4.98 Å². The summed E-state index contributed by atoms with van der Waals surface area (Å²) in [6, 6.07) is 7.50. The van der Waals surface area contributed by atoms with Crippen LogP contribution < -0.4 is 4.74 Å². The van der Waals surface area contributed by atoms with Gasteiger partial charge in [0.05, 0.1) is 12.5 Å². The van der Waals surface area contributed by atoms with Gasteiger partial charge in [-0.05, 0) is 53.2 Å². The Balaban J connectivity index is 1.55. The van der Waals surface area contributed by atoms with E-state index in [1.807, 2.05) is 18.5 Å². The average Bonchev–Trinajstić information content (AvgIpc) is 3.69. The van der Waals surface area contributed by atoms with Crippen molar-refractivity contribution in [1.29, 1.82) is 0 Å². The molecule has 0 bridgehead atoms. The van der Waals surface area contributed by atoms with Gasteiger partial charge in [-0.2, -0.15) is 4.39 Å². The lowest BCUT2D eigenvalue weighted by Crippen LogP contribution is -2.51. The molecule has 1 N–H and O–H groups in total. The van der Waals surface area contributed by atoms with E-state index >= 15 is 4.39 Å². The Morgan fingerprint density at radius 3 is 2.23 bits per heavy atom. The van der Waals surface area contributed by atoms with Crippen molar-refractivity contribution < 1.29 is 14.2 Å². The lowest BCUT2D eigenvalue weighted by atomic mass is 10.0. The van der Waals surface area contributed by atoms with Gasteiger partial charge in [0.1, 0.15) is 18.1 Å². The van der Waals surface area contributed by atoms with Crippen LogP contribution in [0.1, 0.15) is 94.5 Å². The van der Waals surface area contributed by atoms with Crippen molar-refractivity contribution in [1.82, 2.24) is 24.2 Å². The van der Waals surface area contributed by atoms with Gasteiger partial charge in [-0.15, -0.1) is 0 Å². The monoisotopic (exact) mass is 561 g/mol. The molecule has 1 aliphatic rings. The number of methoxy groups -OCH3 is 1. The molecule has 9 heteroatoms. The van der Waals surface area contributed by atoms with Crippen molar-refractivity contribution in [3.8, 4) is 5.88 Å². The molecular formula is C31H40FN5O2Si. The standard InChI is InChI=1S/C31H40FN5O2Si/c1-18(2)40(19(3)4,20(5)6)37-16-25(27-30(37)34-17-35-31(27)39-7)28(38)24-12-11-23(36-29(24)32)14-21-8-13-26(33-15-21)22-9-10-22/h8,11-13,15-20,22,28,38H,9-10,14H2,1-7H3. The van der Waals surface area contributed by atoms with E-state index in [4.69, 9.17) is 4.74 Å². The predicted molar refractivity (Wildman–Crippen MR) is 158 cm³/mol. The van der Waals surface area contributed by atoms with E-state index in [1.54, 1.807) is 19.2 Å². The minimum Gasteiger partial charge on any atom is -0.480 e. The molecule has 1 unspecified atom stereocenters. The molecule has 5 rings (SSSR count). The van der Waals surface area contributed by atoms with Crippen LogP contribution in [-0.2, 0) is 6.42 Å². The molecule has 0 radical (unpaired) electrons. The summed E-state index contributed by atoms with van der Waals surface area (Å²) in [5, 5.41) is 12.3. The first kappa shape index (κ1) is 28.4. The van der Waals surface area contributed by atoms with Gasteiger partial charge in [0, 0.05) is 47.2 Å². The van der Waals surface area contributed by atoms with Crippen molar-refractivity contribution in [3.63, 3.8) is 0 Å². The van der Waals surface area contributed by atoms with Crippen LogP contribution in [-0.4, -0.2) is 44.6 Å². The third kappa shape index (κ3) is 4.83. The molecule has 1 aliphatic carbocycles. The highest BCUT2D eigenvalue weighted by molar-refractivity contribution is 6.82. The summed E-state index contributed by atoms with van der Waals surface area (Å²) in [6.07, 6.45) is 6.94. The van der Waals surface area contributed by atoms with Crippen LogP contribution in [0.15, 0.2) is 43.0 Å². The fourth-order valence-corrected chi connectivity index (χ4v) is 13.4. The zero-order valence-electron chi connectivity index (χ0n) is 24.5. The molecule has 0 aromatic carbocycles. The van der Waals surface area contributed by atoms with E-state index in [-0.39, 0.29) is 5.56 Å². The first-order chi connectivity index (χ1) is 19.1. The molecule has 0 aliphatic heterocycles. The second-order valence-corrected chi connectivity index (χ2v) is 17.7. The summed E-state index contributed by atoms with van der Waals surface area (Å²) < 4.78 is 23.5. The van der Waals surface area contributed by atoms with Crippen molar-refractivity contribution in [2.45, 2.75) is 89.5 Å². The molecule has 0 saturated heterocycles. The number of pyridine rings is 2. The summed E-state index contributed by atoms with van der Waals surface area (Å²) >= 11 is 0. The number of aliphatic hydroxyl groups excluding tert-OH is 1. The molecule has 40 heavy (non-hydrogen) atoms. The highest BCUT2D eigenvalue weighted by Gasteiger charge is 2.47. The van der Waals surface area contributed by atoms with Gasteiger partial charge < -0.3 is 14.1 Å². The average molecular weight is 562 g/mol. The number of halogens is 1. The zero-order chi connectivity index (χ0) is 28.8. The number of ether oxygens (including phenoxy) is 1. The van der Waals surface area contributed by atoms with E-state index in [9.17, 15) is 5.11 Å². The molecule has 4 heterocycles. The van der Waals surface area contributed by atoms with Crippen LogP contribution >= 0.6 is 0 Å². The summed E-state index contributed by atoms with van der Waals surface area (Å²) in [4.78, 5) is 17.8. The lowest BCUT2D eigenvalue weighted by molar-refractivity contribution is 0.214. The summed E-state index contributed by atoms with van der Waals surface area (Å²) in [5.41, 5.74) is 5.21. The highest BCUT2D eigenvalue weighted by atomic mass is 28.3. The molecule has 212 valence electrons. The van der Waals surface area contributed by atoms with Crippen molar-refractivity contribution in [2.24, 2.45) is 0 Å². The van der Waals surface area contributed by atoms with Crippen molar-refractivity contribution >= 4 is 19.3 Å². The fraction of sp³-hybridized carbons (Fsp3) is 0.484. The van der Waals surface area contributed by atoms with Gasteiger partial charge in [-0.1, -0.05) is 47.6 Å². The Hall–Kier alpha value is -3.17. The number of hydrogen-bond donors (Lipinski definition) is 1. The second-order valence-electron chi connectivity index (χ2n) is 12.0. The second kappa shape index (κ2) is 11.0. The fourth-order valence-electron chi connectivity index (χ4n) is 6.88. The zero-order valence-corrected chi connectivity index (χ0v) is 25.5. The van der Waals surface area contributed by atoms with E-state index in [0.29, 0.717) is 51.5 Å². The highest BCUT2D eigenvalue weighted by Crippen LogP contribution is 2.46. The Morgan fingerprint density at radius 1 is 0.975 bits per heavy atom. The van der Waals surface area contributed by atoms with E-state index in [1.165, 1.54) is 19.2 Å². The molecular weight excluding hydrogens is 521 g/mol. The smallest absolute Gasteiger partial charge is 0.226 e. The first-order valence-corrected chi connectivity index (χ1v) is 16.5. The number of aliphatic hydroxyl groups is 1. The van der Waals surface area contributed by atoms with E-state index in [2.05, 4.69) is 71.8 Å². The quantitative estimate of drug-likeness (QED) is 0.167. The van der Waals surface area contributed by atoms with Crippen LogP contribution in [0.4, 0.5) is 4.39 Å². The van der Waals surface area contributed by atoms with Crippen LogP contribution in [0, 0.1) is 5.95 Å². The Labute approximate surface area is 237 Å². The molecule has 1 saturated carbocycles. The van der Waals surface area contributed by atoms with Crippen molar-refractivity contribution in [2.75, 3.05) is 7.11 Å². The van der Waals surface area contributed by atoms with Gasteiger partial charge in [0.15, 0.2) is 8.24 Å². The molecule has 0 spiro atoms. The van der Waals surface area contributed by atoms with Gasteiger partial charge in [0.25, 0.3) is 0 Å². The van der Waals surface area contributed by atoms with Crippen LogP contribution in [0.25, 0.3) is 11.0 Å². The molecule has 4 aromatic heterocycles. The number of nitrogens with zero attached hydrogens (tertiary/aromatic N) is 5. The maximum atomic E-state index is 15.5. The molecule has 1 fully saturated rings. The summed E-state index contributed by atoms with van der Waals surface area (Å²) in [5.74, 6) is 0.267. The number of hydrogen-bond acceptors (Lipinski definition) is 6. The summed E-state index contributed by atoms with van der Waals surface area (Å²) in [7, 11) is -0.707. The van der Waals surface area contributed by atoms with Crippen LogP contribution in [0.3, 0.4) is 0 Å². The molecule has 7 nitrogen and oxygen atoms in total. The lowest BCUT2D eigenvalue weighted by Gasteiger charge is -2.44. The maximum absolute atomic E-state index is 15.5. The van der Waals surface area contributed by atoms with Gasteiger partial charge >= 0.3 is 0 Å². The van der Waals surface area contributed by atoms with Gasteiger partial charge in [-0.25, -0.2) is 15.0 Å². The third-order valence-electron chi connectivity index (χ3n) is 8.72. The largest absolute Gasteiger partial charge is 0.480 e. The SMILES string of the molecule is COc1ncnc2c1c(C(O)c1ccc(Cc3ccc(C4CC4)nc3)nc1F)cn2[Si](C(C)C)(C(C)C)C(C)C. The Kier molecular flexibility index (Phi) is 7.81. The third-order valence-corrected chi connectivity index (χ3v) is 15.4. The predicted octanol–water partition coefficient (Wildman–Crippen LogP) is 6.94. The minimum absolute atomic E-state index is 0.113. The van der Waals surface area contributed by atoms with E-state index < -0.39 is 20.3 Å². The minimum atomic E-state index is -2.26. The van der Waals surface area contributed by atoms with Crippen molar-refractivity contribution in [3.05, 3.63) is 77.0 Å². The van der Waals surface area contributed by atoms with Crippen LogP contribution in [0.2, 0.25) is 16.6 Å². The molecule has 1 atom stereocenters. The molecule has 4 aromatic rings. The maximum Gasteiger partial charge on any atom is 0.226 e. The number of aromatic nitrogens is 5. The number of fused-ring (bicyclic) bond motifs is 1. The Bertz CT molecular complexity index is 1480. The Morgan fingerprint density at radius 2 is 1.68 bits per heavy atom. The number of rotatable bonds is 10. The van der Waals surface area contributed by atoms with Gasteiger partial charge in [0.2, 0.25) is 11.8 Å². The topological polar surface area (TPSA) is 86.0 Å². The van der Waals surface area contributed by atoms with E-state index in [0.717, 1.165) is 16.9 Å². The summed E-state index contributed by atoms with van der Waals surface area (Å²) in [6.45, 7) is 13.6. The first-order valence-electron chi connectivity index (χ1n) is 14.3.